The second-order valence-corrected chi connectivity index (χ2v) is 3.95. The van der Waals surface area contributed by atoms with Crippen LogP contribution in [0.1, 0.15) is 18.9 Å². The van der Waals surface area contributed by atoms with Gasteiger partial charge in [-0.25, -0.2) is 0 Å². The molecule has 1 heterocycles. The molecule has 84 valence electrons. The van der Waals surface area contributed by atoms with E-state index in [2.05, 4.69) is 32.8 Å². The summed E-state index contributed by atoms with van der Waals surface area (Å²) in [5.74, 6) is 0.627. The maximum Gasteiger partial charge on any atom is 0.204 e. The predicted molar refractivity (Wildman–Crippen MR) is 61.6 cm³/mol. The van der Waals surface area contributed by atoms with E-state index in [1.165, 1.54) is 5.56 Å². The molecule has 1 atom stereocenters. The summed E-state index contributed by atoms with van der Waals surface area (Å²) < 4.78 is 0. The third-order valence-corrected chi connectivity index (χ3v) is 2.42. The number of aryl methyl sites for hydroxylation is 1. The van der Waals surface area contributed by atoms with Crippen LogP contribution in [-0.2, 0) is 6.42 Å². The molecular weight excluding hydrogens is 202 g/mol. The lowest BCUT2D eigenvalue weighted by Gasteiger charge is -2.05. The normalized spacial score (nSPS) is 12.6. The van der Waals surface area contributed by atoms with E-state index in [4.69, 9.17) is 5.73 Å². The number of nitrogens with two attached hydrogens (primary N) is 1. The SMILES string of the molecule is C[C@@H](N)CCc1cccc(-c2nn[nH]n2)c1. The van der Waals surface area contributed by atoms with Gasteiger partial charge in [-0.05, 0) is 36.6 Å². The zero-order valence-electron chi connectivity index (χ0n) is 9.22. The average molecular weight is 217 g/mol. The fraction of sp³-hybridized carbons (Fsp3) is 0.364. The molecule has 16 heavy (non-hydrogen) atoms. The van der Waals surface area contributed by atoms with Crippen molar-refractivity contribution < 1.29 is 0 Å². The second kappa shape index (κ2) is 4.85. The number of tetrazole rings is 1. The van der Waals surface area contributed by atoms with Gasteiger partial charge in [0, 0.05) is 11.6 Å². The van der Waals surface area contributed by atoms with Gasteiger partial charge in [0.15, 0.2) is 0 Å². The third kappa shape index (κ3) is 2.64. The first-order chi connectivity index (χ1) is 7.75. The molecule has 0 amide bonds. The number of benzene rings is 1. The zero-order chi connectivity index (χ0) is 11.4. The minimum absolute atomic E-state index is 0.230. The van der Waals surface area contributed by atoms with E-state index in [0.29, 0.717) is 5.82 Å². The molecule has 0 radical (unpaired) electrons. The van der Waals surface area contributed by atoms with Crippen molar-refractivity contribution in [2.75, 3.05) is 0 Å². The lowest BCUT2D eigenvalue weighted by Crippen LogP contribution is -2.15. The Hall–Kier alpha value is -1.75. The van der Waals surface area contributed by atoms with Crippen molar-refractivity contribution in [3.8, 4) is 11.4 Å². The predicted octanol–water partition coefficient (Wildman–Crippen LogP) is 1.15. The van der Waals surface area contributed by atoms with Crippen LogP contribution in [0.3, 0.4) is 0 Å². The van der Waals surface area contributed by atoms with E-state index in [1.807, 2.05) is 19.1 Å². The van der Waals surface area contributed by atoms with E-state index >= 15 is 0 Å². The molecule has 1 aromatic heterocycles. The van der Waals surface area contributed by atoms with Crippen LogP contribution >= 0.6 is 0 Å². The first kappa shape index (κ1) is 10.8. The molecule has 0 aliphatic carbocycles. The molecule has 0 saturated heterocycles. The lowest BCUT2D eigenvalue weighted by molar-refractivity contribution is 0.666. The topological polar surface area (TPSA) is 80.5 Å². The summed E-state index contributed by atoms with van der Waals surface area (Å²) in [6.07, 6.45) is 1.96. The van der Waals surface area contributed by atoms with Crippen LogP contribution in [0.25, 0.3) is 11.4 Å². The van der Waals surface area contributed by atoms with Crippen LogP contribution in [-0.4, -0.2) is 26.7 Å². The second-order valence-electron chi connectivity index (χ2n) is 3.95. The van der Waals surface area contributed by atoms with E-state index in [1.54, 1.807) is 0 Å². The number of aromatic nitrogens is 4. The van der Waals surface area contributed by atoms with Crippen molar-refractivity contribution in [3.63, 3.8) is 0 Å². The van der Waals surface area contributed by atoms with Crippen LogP contribution in [0.15, 0.2) is 24.3 Å². The minimum Gasteiger partial charge on any atom is -0.328 e. The number of rotatable bonds is 4. The first-order valence-corrected chi connectivity index (χ1v) is 5.34. The molecule has 2 rings (SSSR count). The number of hydrogen-bond donors (Lipinski definition) is 2. The first-order valence-electron chi connectivity index (χ1n) is 5.34. The van der Waals surface area contributed by atoms with Gasteiger partial charge in [0.25, 0.3) is 0 Å². The molecule has 0 aliphatic heterocycles. The highest BCUT2D eigenvalue weighted by molar-refractivity contribution is 5.54. The highest BCUT2D eigenvalue weighted by atomic mass is 15.5. The Balaban J connectivity index is 2.14. The smallest absolute Gasteiger partial charge is 0.204 e. The highest BCUT2D eigenvalue weighted by Crippen LogP contribution is 2.16. The molecule has 5 heteroatoms. The van der Waals surface area contributed by atoms with E-state index in [9.17, 15) is 0 Å². The molecule has 0 bridgehead atoms. The number of aromatic amines is 1. The Labute approximate surface area is 94.1 Å². The summed E-state index contributed by atoms with van der Waals surface area (Å²) in [7, 11) is 0. The number of hydrogen-bond acceptors (Lipinski definition) is 4. The quantitative estimate of drug-likeness (QED) is 0.805. The number of H-pyrrole nitrogens is 1. The van der Waals surface area contributed by atoms with Crippen molar-refractivity contribution >= 4 is 0 Å². The van der Waals surface area contributed by atoms with Gasteiger partial charge < -0.3 is 5.73 Å². The molecule has 0 aliphatic rings. The van der Waals surface area contributed by atoms with Crippen LogP contribution in [0.4, 0.5) is 0 Å². The summed E-state index contributed by atoms with van der Waals surface area (Å²) in [5, 5.41) is 13.9. The molecule has 1 aromatic carbocycles. The maximum absolute atomic E-state index is 5.73. The van der Waals surface area contributed by atoms with E-state index < -0.39 is 0 Å². The lowest BCUT2D eigenvalue weighted by atomic mass is 10.0. The van der Waals surface area contributed by atoms with Crippen LogP contribution in [0.5, 0.6) is 0 Å². The van der Waals surface area contributed by atoms with Gasteiger partial charge in [-0.15, -0.1) is 10.2 Å². The monoisotopic (exact) mass is 217 g/mol. The largest absolute Gasteiger partial charge is 0.328 e. The van der Waals surface area contributed by atoms with E-state index in [-0.39, 0.29) is 6.04 Å². The average Bonchev–Trinajstić information content (AvgIpc) is 2.80. The van der Waals surface area contributed by atoms with Crippen molar-refractivity contribution in [1.82, 2.24) is 20.6 Å². The van der Waals surface area contributed by atoms with Crippen molar-refractivity contribution in [2.24, 2.45) is 5.73 Å². The third-order valence-electron chi connectivity index (χ3n) is 2.42. The molecule has 0 unspecified atom stereocenters. The number of nitrogens with one attached hydrogen (secondary N) is 1. The fourth-order valence-corrected chi connectivity index (χ4v) is 1.54. The van der Waals surface area contributed by atoms with Gasteiger partial charge in [0.05, 0.1) is 0 Å². The van der Waals surface area contributed by atoms with Crippen molar-refractivity contribution in [2.45, 2.75) is 25.8 Å². The Bertz CT molecular complexity index is 435. The standard InChI is InChI=1S/C11H15N5/c1-8(12)5-6-9-3-2-4-10(7-9)11-13-15-16-14-11/h2-4,7-8H,5-6,12H2,1H3,(H,13,14,15,16)/t8-/m1/s1. The summed E-state index contributed by atoms with van der Waals surface area (Å²) in [6.45, 7) is 2.02. The Kier molecular flexibility index (Phi) is 3.26. The molecule has 0 saturated carbocycles. The van der Waals surface area contributed by atoms with E-state index in [0.717, 1.165) is 18.4 Å². The Morgan fingerprint density at radius 3 is 3.00 bits per heavy atom. The van der Waals surface area contributed by atoms with Crippen LogP contribution < -0.4 is 5.73 Å². The summed E-state index contributed by atoms with van der Waals surface area (Å²) in [6, 6.07) is 8.37. The van der Waals surface area contributed by atoms with Crippen LogP contribution in [0, 0.1) is 0 Å². The molecule has 3 N–H and O–H groups in total. The molecule has 2 aromatic rings. The molecular formula is C11H15N5. The van der Waals surface area contributed by atoms with Gasteiger partial charge >= 0.3 is 0 Å². The highest BCUT2D eigenvalue weighted by Gasteiger charge is 2.04. The Morgan fingerprint density at radius 1 is 1.44 bits per heavy atom. The molecule has 0 spiro atoms. The summed E-state index contributed by atoms with van der Waals surface area (Å²) >= 11 is 0. The fourth-order valence-electron chi connectivity index (χ4n) is 1.54. The maximum atomic E-state index is 5.73. The summed E-state index contributed by atoms with van der Waals surface area (Å²) in [4.78, 5) is 0. The van der Waals surface area contributed by atoms with Gasteiger partial charge in [-0.1, -0.05) is 18.2 Å². The van der Waals surface area contributed by atoms with Crippen molar-refractivity contribution in [3.05, 3.63) is 29.8 Å². The van der Waals surface area contributed by atoms with Gasteiger partial charge in [-0.2, -0.15) is 5.21 Å². The zero-order valence-corrected chi connectivity index (χ0v) is 9.22. The van der Waals surface area contributed by atoms with Gasteiger partial charge in [-0.3, -0.25) is 0 Å². The molecule has 5 nitrogen and oxygen atoms in total. The van der Waals surface area contributed by atoms with Gasteiger partial charge in [0.1, 0.15) is 0 Å². The molecule has 0 fully saturated rings. The Morgan fingerprint density at radius 2 is 2.31 bits per heavy atom. The van der Waals surface area contributed by atoms with Crippen molar-refractivity contribution in [1.29, 1.82) is 0 Å². The van der Waals surface area contributed by atoms with Crippen LogP contribution in [0.2, 0.25) is 0 Å². The summed E-state index contributed by atoms with van der Waals surface area (Å²) in [5.41, 5.74) is 7.97. The van der Waals surface area contributed by atoms with Gasteiger partial charge in [0.2, 0.25) is 5.82 Å². The minimum atomic E-state index is 0.230. The number of nitrogens with zero attached hydrogens (tertiary/aromatic N) is 3.